The lowest BCUT2D eigenvalue weighted by molar-refractivity contribution is 0.0992. The van der Waals surface area contributed by atoms with Crippen molar-refractivity contribution in [3.05, 3.63) is 99.8 Å². The number of halogens is 2. The average Bonchev–Trinajstić information content (AvgIpc) is 2.75. The van der Waals surface area contributed by atoms with Crippen LogP contribution in [0.15, 0.2) is 66.7 Å². The van der Waals surface area contributed by atoms with Crippen molar-refractivity contribution in [3.63, 3.8) is 0 Å². The highest BCUT2D eigenvalue weighted by Gasteiger charge is 2.16. The van der Waals surface area contributed by atoms with Gasteiger partial charge in [0, 0.05) is 42.2 Å². The normalized spacial score (nSPS) is 10.5. The number of anilines is 1. The number of amides is 1. The highest BCUT2D eigenvalue weighted by Crippen LogP contribution is 2.21. The number of benzene rings is 3. The van der Waals surface area contributed by atoms with Crippen molar-refractivity contribution in [3.8, 4) is 0 Å². The van der Waals surface area contributed by atoms with Crippen molar-refractivity contribution in [2.75, 3.05) is 19.4 Å². The van der Waals surface area contributed by atoms with Gasteiger partial charge in [-0.3, -0.25) is 15.0 Å². The second-order valence-electron chi connectivity index (χ2n) is 7.16. The van der Waals surface area contributed by atoms with Crippen LogP contribution >= 0.6 is 11.6 Å². The Labute approximate surface area is 185 Å². The Bertz CT molecular complexity index is 1140. The third-order valence-electron chi connectivity index (χ3n) is 4.72. The van der Waals surface area contributed by atoms with Gasteiger partial charge < -0.3 is 10.2 Å². The standard InChI is InChI=1S/C24H21ClFN3O2/c1-29(2)23(27)16-9-7-15(8-10-16)22(30)13-17-5-3-4-6-19(17)24(31)28-21-12-11-18(25)14-20(21)26/h3-12,14,27H,13H2,1-2H3,(H,28,31). The Morgan fingerprint density at radius 1 is 1.00 bits per heavy atom. The van der Waals surface area contributed by atoms with Crippen molar-refractivity contribution in [1.82, 2.24) is 4.90 Å². The molecule has 0 fully saturated rings. The van der Waals surface area contributed by atoms with E-state index in [-0.39, 0.29) is 28.5 Å². The smallest absolute Gasteiger partial charge is 0.256 e. The number of rotatable bonds is 6. The second-order valence-corrected chi connectivity index (χ2v) is 7.59. The number of hydrogen-bond acceptors (Lipinski definition) is 3. The van der Waals surface area contributed by atoms with Gasteiger partial charge in [-0.2, -0.15) is 0 Å². The molecule has 7 heteroatoms. The fourth-order valence-electron chi connectivity index (χ4n) is 3.02. The Hall–Kier alpha value is -3.51. The first kappa shape index (κ1) is 22.2. The fraction of sp³-hybridized carbons (Fsp3) is 0.125. The minimum Gasteiger partial charge on any atom is -0.363 e. The predicted octanol–water partition coefficient (Wildman–Crippen LogP) is 5.04. The Balaban J connectivity index is 1.77. The van der Waals surface area contributed by atoms with Crippen LogP contribution in [0.5, 0.6) is 0 Å². The van der Waals surface area contributed by atoms with Gasteiger partial charge in [0.2, 0.25) is 0 Å². The third-order valence-corrected chi connectivity index (χ3v) is 4.95. The average molecular weight is 438 g/mol. The Morgan fingerprint density at radius 2 is 1.65 bits per heavy atom. The first-order chi connectivity index (χ1) is 14.8. The minimum atomic E-state index is -0.641. The lowest BCUT2D eigenvalue weighted by atomic mass is 9.97. The maximum Gasteiger partial charge on any atom is 0.256 e. The zero-order valence-electron chi connectivity index (χ0n) is 17.1. The zero-order valence-corrected chi connectivity index (χ0v) is 17.8. The molecule has 158 valence electrons. The summed E-state index contributed by atoms with van der Waals surface area (Å²) in [5.41, 5.74) is 2.01. The maximum atomic E-state index is 14.0. The van der Waals surface area contributed by atoms with Gasteiger partial charge in [-0.1, -0.05) is 54.1 Å². The van der Waals surface area contributed by atoms with E-state index in [9.17, 15) is 14.0 Å². The van der Waals surface area contributed by atoms with Crippen LogP contribution in [0.3, 0.4) is 0 Å². The van der Waals surface area contributed by atoms with Crippen LogP contribution in [0.1, 0.15) is 31.8 Å². The second kappa shape index (κ2) is 9.53. The summed E-state index contributed by atoms with van der Waals surface area (Å²) in [5.74, 6) is -0.978. The number of hydrogen-bond donors (Lipinski definition) is 2. The van der Waals surface area contributed by atoms with E-state index in [1.54, 1.807) is 67.5 Å². The number of amidine groups is 1. The lowest BCUT2D eigenvalue weighted by Gasteiger charge is -2.14. The van der Waals surface area contributed by atoms with Gasteiger partial charge in [-0.05, 0) is 29.8 Å². The van der Waals surface area contributed by atoms with Crippen LogP contribution in [0.4, 0.5) is 10.1 Å². The molecule has 0 aliphatic carbocycles. The van der Waals surface area contributed by atoms with Gasteiger partial charge in [-0.25, -0.2) is 4.39 Å². The number of nitrogens with zero attached hydrogens (tertiary/aromatic N) is 1. The molecule has 0 atom stereocenters. The number of nitrogens with one attached hydrogen (secondary N) is 2. The van der Waals surface area contributed by atoms with Crippen LogP contribution in [-0.2, 0) is 6.42 Å². The first-order valence-corrected chi connectivity index (χ1v) is 9.88. The van der Waals surface area contributed by atoms with Crippen molar-refractivity contribution < 1.29 is 14.0 Å². The fourth-order valence-corrected chi connectivity index (χ4v) is 3.18. The van der Waals surface area contributed by atoms with Gasteiger partial charge in [0.25, 0.3) is 5.91 Å². The lowest BCUT2D eigenvalue weighted by Crippen LogP contribution is -2.21. The van der Waals surface area contributed by atoms with E-state index in [1.807, 2.05) is 0 Å². The van der Waals surface area contributed by atoms with Gasteiger partial charge in [0.1, 0.15) is 11.7 Å². The predicted molar refractivity (Wildman–Crippen MR) is 121 cm³/mol. The maximum absolute atomic E-state index is 14.0. The molecule has 0 aliphatic rings. The molecule has 1 amide bonds. The number of carbonyl (C=O) groups is 2. The summed E-state index contributed by atoms with van der Waals surface area (Å²) >= 11 is 5.75. The molecule has 3 rings (SSSR count). The minimum absolute atomic E-state index is 0.00876. The van der Waals surface area contributed by atoms with Crippen molar-refractivity contribution in [1.29, 1.82) is 5.41 Å². The molecule has 0 radical (unpaired) electrons. The number of carbonyl (C=O) groups excluding carboxylic acids is 2. The highest BCUT2D eigenvalue weighted by atomic mass is 35.5. The Kier molecular flexibility index (Phi) is 6.82. The molecule has 0 saturated carbocycles. The molecule has 0 aliphatic heterocycles. The molecule has 3 aromatic rings. The van der Waals surface area contributed by atoms with E-state index in [0.717, 1.165) is 6.07 Å². The van der Waals surface area contributed by atoms with Gasteiger partial charge >= 0.3 is 0 Å². The van der Waals surface area contributed by atoms with E-state index >= 15 is 0 Å². The molecular weight excluding hydrogens is 417 g/mol. The van der Waals surface area contributed by atoms with Crippen LogP contribution in [0.2, 0.25) is 5.02 Å². The van der Waals surface area contributed by atoms with Gasteiger partial charge in [0.05, 0.1) is 5.69 Å². The SMILES string of the molecule is CN(C)C(=N)c1ccc(C(=O)Cc2ccccc2C(=O)Nc2ccc(Cl)cc2F)cc1. The molecule has 0 bridgehead atoms. The van der Waals surface area contributed by atoms with Gasteiger partial charge in [-0.15, -0.1) is 0 Å². The molecule has 0 aromatic heterocycles. The highest BCUT2D eigenvalue weighted by molar-refractivity contribution is 6.30. The number of ketones is 1. The monoisotopic (exact) mass is 437 g/mol. The summed E-state index contributed by atoms with van der Waals surface area (Å²) in [6.07, 6.45) is 0.0111. The number of Topliss-reactive ketones (excluding diaryl/α,β-unsaturated/α-hetero) is 1. The zero-order chi connectivity index (χ0) is 22.5. The van der Waals surface area contributed by atoms with Crippen LogP contribution in [0, 0.1) is 11.2 Å². The van der Waals surface area contributed by atoms with E-state index in [4.69, 9.17) is 17.0 Å². The van der Waals surface area contributed by atoms with E-state index in [2.05, 4.69) is 5.32 Å². The summed E-state index contributed by atoms with van der Waals surface area (Å²) in [6, 6.07) is 17.5. The van der Waals surface area contributed by atoms with Crippen molar-refractivity contribution >= 4 is 34.8 Å². The molecule has 5 nitrogen and oxygen atoms in total. The van der Waals surface area contributed by atoms with E-state index < -0.39 is 11.7 Å². The summed E-state index contributed by atoms with van der Waals surface area (Å²) in [7, 11) is 3.55. The van der Waals surface area contributed by atoms with Crippen LogP contribution < -0.4 is 5.32 Å². The molecule has 2 N–H and O–H groups in total. The van der Waals surface area contributed by atoms with Crippen molar-refractivity contribution in [2.24, 2.45) is 0 Å². The summed E-state index contributed by atoms with van der Waals surface area (Å²) in [6.45, 7) is 0. The topological polar surface area (TPSA) is 73.3 Å². The molecule has 0 spiro atoms. The molecule has 3 aromatic carbocycles. The summed E-state index contributed by atoms with van der Waals surface area (Å²) < 4.78 is 14.0. The summed E-state index contributed by atoms with van der Waals surface area (Å²) in [5, 5.41) is 10.8. The molecular formula is C24H21ClFN3O2. The molecule has 0 saturated heterocycles. The van der Waals surface area contributed by atoms with Crippen molar-refractivity contribution in [2.45, 2.75) is 6.42 Å². The molecule has 31 heavy (non-hydrogen) atoms. The molecule has 0 unspecified atom stereocenters. The van der Waals surface area contributed by atoms with Gasteiger partial charge in [0.15, 0.2) is 5.78 Å². The van der Waals surface area contributed by atoms with E-state index in [0.29, 0.717) is 22.5 Å². The summed E-state index contributed by atoms with van der Waals surface area (Å²) in [4.78, 5) is 27.2. The largest absolute Gasteiger partial charge is 0.363 e. The third kappa shape index (κ3) is 5.35. The first-order valence-electron chi connectivity index (χ1n) is 9.50. The Morgan fingerprint density at radius 3 is 2.29 bits per heavy atom. The van der Waals surface area contributed by atoms with E-state index in [1.165, 1.54) is 12.1 Å². The van der Waals surface area contributed by atoms with Crippen LogP contribution in [-0.4, -0.2) is 36.5 Å². The quantitative estimate of drug-likeness (QED) is 0.322. The molecule has 0 heterocycles. The van der Waals surface area contributed by atoms with Crippen LogP contribution in [0.25, 0.3) is 0 Å².